The summed E-state index contributed by atoms with van der Waals surface area (Å²) in [7, 11) is 0. The molecule has 1 saturated heterocycles. The van der Waals surface area contributed by atoms with E-state index < -0.39 is 78.3 Å². The minimum Gasteiger partial charge on any atom is -0.406 e. The number of nitrogens with zero attached hydrogens (tertiary/aromatic N) is 5. The summed E-state index contributed by atoms with van der Waals surface area (Å²) in [6, 6.07) is 5.85. The number of anilines is 1. The van der Waals surface area contributed by atoms with E-state index in [0.717, 1.165) is 39.8 Å². The number of aromatic nitrogens is 4. The van der Waals surface area contributed by atoms with Crippen LogP contribution >= 0.6 is 0 Å². The molecule has 1 aromatic carbocycles. The summed E-state index contributed by atoms with van der Waals surface area (Å²) in [5.41, 5.74) is -1.89. The summed E-state index contributed by atoms with van der Waals surface area (Å²) in [4.78, 5) is 50.2. The SMILES string of the molecule is O=C(Nc1ccn(CCC(F)Cn2cc(C(=O)NCc3cccc(OC(F)(F)F)c3)nn2)c(=O)c1F)C(=O)N1CCCC(C(F)(F)F)C1. The number of nitrogens with one attached hydrogen (secondary N) is 2. The molecule has 3 heterocycles. The van der Waals surface area contributed by atoms with Gasteiger partial charge in [0.1, 0.15) is 11.9 Å². The molecule has 2 N–H and O–H groups in total. The van der Waals surface area contributed by atoms with Crippen LogP contribution in [0.25, 0.3) is 0 Å². The Bertz CT molecular complexity index is 1690. The van der Waals surface area contributed by atoms with Crippen molar-refractivity contribution in [3.05, 3.63) is 70.2 Å². The molecular weight excluding hydrogens is 666 g/mol. The van der Waals surface area contributed by atoms with Crippen molar-refractivity contribution in [3.8, 4) is 5.75 Å². The number of carbonyl (C=O) groups excluding carboxylic acids is 3. The summed E-state index contributed by atoms with van der Waals surface area (Å²) < 4.78 is 111. The highest BCUT2D eigenvalue weighted by atomic mass is 19.4. The standard InChI is InChI=1S/C28H27F8N7O5/c29-18(14-43-15-21(39-40-43)23(44)37-12-16-3-1-5-19(11-16)48-28(34,35)36)6-9-41-10-7-20(22(30)25(41)46)38-24(45)26(47)42-8-2-4-17(13-42)27(31,32)33/h1,3,5,7,10-11,15,17-18H,2,4,6,8-9,12-14H2,(H,37,44)(H,38,45). The largest absolute Gasteiger partial charge is 0.573 e. The first-order valence-corrected chi connectivity index (χ1v) is 14.2. The molecule has 12 nitrogen and oxygen atoms in total. The van der Waals surface area contributed by atoms with Gasteiger partial charge in [-0.1, -0.05) is 17.3 Å². The number of alkyl halides is 7. The van der Waals surface area contributed by atoms with Crippen LogP contribution in [-0.2, 0) is 29.2 Å². The highest BCUT2D eigenvalue weighted by Crippen LogP contribution is 2.33. The summed E-state index contributed by atoms with van der Waals surface area (Å²) in [5, 5.41) is 11.6. The van der Waals surface area contributed by atoms with Gasteiger partial charge in [0.15, 0.2) is 5.69 Å². The molecule has 20 heteroatoms. The van der Waals surface area contributed by atoms with Gasteiger partial charge < -0.3 is 24.8 Å². The number of hydrogen-bond acceptors (Lipinski definition) is 7. The number of ether oxygens (including phenoxy) is 1. The monoisotopic (exact) mass is 693 g/mol. The van der Waals surface area contributed by atoms with Crippen LogP contribution < -0.4 is 20.9 Å². The van der Waals surface area contributed by atoms with Crippen molar-refractivity contribution < 1.29 is 54.2 Å². The van der Waals surface area contributed by atoms with Crippen molar-refractivity contribution in [3.63, 3.8) is 0 Å². The van der Waals surface area contributed by atoms with E-state index in [9.17, 15) is 54.3 Å². The molecule has 48 heavy (non-hydrogen) atoms. The van der Waals surface area contributed by atoms with Crippen LogP contribution in [0.5, 0.6) is 5.75 Å². The average Bonchev–Trinajstić information content (AvgIpc) is 3.48. The minimum absolute atomic E-state index is 0.0157. The van der Waals surface area contributed by atoms with Gasteiger partial charge in [-0.15, -0.1) is 18.3 Å². The lowest BCUT2D eigenvalue weighted by atomic mass is 9.97. The van der Waals surface area contributed by atoms with Gasteiger partial charge in [-0.25, -0.2) is 9.07 Å². The van der Waals surface area contributed by atoms with Gasteiger partial charge in [-0.05, 0) is 43.0 Å². The van der Waals surface area contributed by atoms with Crippen LogP contribution in [0, 0.1) is 11.7 Å². The Morgan fingerprint density at radius 2 is 1.85 bits per heavy atom. The van der Waals surface area contributed by atoms with Crippen LogP contribution in [0.1, 0.15) is 35.3 Å². The fourth-order valence-electron chi connectivity index (χ4n) is 4.76. The Morgan fingerprint density at radius 1 is 1.10 bits per heavy atom. The molecule has 3 aromatic rings. The van der Waals surface area contributed by atoms with E-state index in [0.29, 0.717) is 4.90 Å². The third-order valence-corrected chi connectivity index (χ3v) is 7.14. The molecule has 0 saturated carbocycles. The van der Waals surface area contributed by atoms with Crippen molar-refractivity contribution in [2.45, 2.75) is 57.6 Å². The Morgan fingerprint density at radius 3 is 2.56 bits per heavy atom. The normalized spacial score (nSPS) is 15.9. The molecule has 0 radical (unpaired) electrons. The quantitative estimate of drug-likeness (QED) is 0.245. The van der Waals surface area contributed by atoms with E-state index in [-0.39, 0.29) is 50.2 Å². The van der Waals surface area contributed by atoms with Crippen LogP contribution in [0.4, 0.5) is 40.8 Å². The molecule has 0 aliphatic carbocycles. The predicted molar refractivity (Wildman–Crippen MR) is 148 cm³/mol. The highest BCUT2D eigenvalue weighted by molar-refractivity contribution is 6.39. The zero-order valence-electron chi connectivity index (χ0n) is 24.7. The maximum absolute atomic E-state index is 14.7. The van der Waals surface area contributed by atoms with E-state index in [1.165, 1.54) is 12.1 Å². The van der Waals surface area contributed by atoms with E-state index in [2.05, 4.69) is 20.4 Å². The maximum Gasteiger partial charge on any atom is 0.573 e. The summed E-state index contributed by atoms with van der Waals surface area (Å²) in [6.07, 6.45) is -9.50. The lowest BCUT2D eigenvalue weighted by Gasteiger charge is -2.33. The Kier molecular flexibility index (Phi) is 11.0. The molecule has 1 fully saturated rings. The molecule has 2 unspecified atom stereocenters. The second-order valence-electron chi connectivity index (χ2n) is 10.7. The number of likely N-dealkylation sites (tertiary alicyclic amines) is 1. The molecule has 0 spiro atoms. The third-order valence-electron chi connectivity index (χ3n) is 7.14. The number of aryl methyl sites for hydroxylation is 1. The van der Waals surface area contributed by atoms with Gasteiger partial charge in [-0.2, -0.15) is 17.6 Å². The predicted octanol–water partition coefficient (Wildman–Crippen LogP) is 3.58. The smallest absolute Gasteiger partial charge is 0.406 e. The molecule has 260 valence electrons. The minimum atomic E-state index is -4.89. The molecule has 1 aliphatic rings. The van der Waals surface area contributed by atoms with E-state index in [1.807, 2.05) is 5.32 Å². The molecule has 3 amide bonds. The Hall–Kier alpha value is -5.04. The van der Waals surface area contributed by atoms with E-state index >= 15 is 0 Å². The number of pyridine rings is 1. The van der Waals surface area contributed by atoms with Gasteiger partial charge in [0, 0.05) is 32.4 Å². The Balaban J connectivity index is 1.26. The summed E-state index contributed by atoms with van der Waals surface area (Å²) in [5.74, 6) is -7.25. The Labute approximate surface area is 265 Å². The fourth-order valence-corrected chi connectivity index (χ4v) is 4.76. The first-order chi connectivity index (χ1) is 22.5. The van der Waals surface area contributed by atoms with E-state index in [4.69, 9.17) is 0 Å². The number of halogens is 8. The van der Waals surface area contributed by atoms with Gasteiger partial charge in [0.2, 0.25) is 5.82 Å². The fraction of sp³-hybridized carbons (Fsp3) is 0.429. The summed E-state index contributed by atoms with van der Waals surface area (Å²) >= 11 is 0. The van der Waals surface area contributed by atoms with Crippen molar-refractivity contribution in [1.29, 1.82) is 0 Å². The first-order valence-electron chi connectivity index (χ1n) is 14.2. The zero-order valence-corrected chi connectivity index (χ0v) is 24.7. The summed E-state index contributed by atoms with van der Waals surface area (Å²) in [6.45, 7) is -1.77. The maximum atomic E-state index is 14.7. The molecule has 0 bridgehead atoms. The van der Waals surface area contributed by atoms with Crippen molar-refractivity contribution >= 4 is 23.4 Å². The molecule has 2 aromatic heterocycles. The van der Waals surface area contributed by atoms with E-state index in [1.54, 1.807) is 0 Å². The van der Waals surface area contributed by atoms with Gasteiger partial charge in [-0.3, -0.25) is 19.2 Å². The number of benzene rings is 1. The topological polar surface area (TPSA) is 140 Å². The highest BCUT2D eigenvalue weighted by Gasteiger charge is 2.43. The number of hydrogen-bond donors (Lipinski definition) is 2. The number of rotatable bonds is 10. The average molecular weight is 694 g/mol. The number of carbonyl (C=O) groups is 3. The van der Waals surface area contributed by atoms with Crippen molar-refractivity contribution in [2.75, 3.05) is 18.4 Å². The second-order valence-corrected chi connectivity index (χ2v) is 10.7. The first kappa shape index (κ1) is 35.8. The molecule has 2 atom stereocenters. The molecule has 1 aliphatic heterocycles. The lowest BCUT2D eigenvalue weighted by Crippen LogP contribution is -2.48. The lowest BCUT2D eigenvalue weighted by molar-refractivity contribution is -0.274. The van der Waals surface area contributed by atoms with Gasteiger partial charge >= 0.3 is 24.4 Å². The number of piperidine rings is 1. The van der Waals surface area contributed by atoms with Crippen molar-refractivity contribution in [2.24, 2.45) is 5.92 Å². The van der Waals surface area contributed by atoms with Crippen LogP contribution in [0.3, 0.4) is 0 Å². The van der Waals surface area contributed by atoms with Crippen LogP contribution in [-0.4, -0.2) is 74.0 Å². The van der Waals surface area contributed by atoms with Crippen molar-refractivity contribution in [1.82, 2.24) is 29.8 Å². The van der Waals surface area contributed by atoms with Crippen LogP contribution in [0.2, 0.25) is 0 Å². The van der Waals surface area contributed by atoms with Gasteiger partial charge in [0.05, 0.1) is 24.3 Å². The third kappa shape index (κ3) is 9.74. The van der Waals surface area contributed by atoms with Gasteiger partial charge in [0.25, 0.3) is 11.5 Å². The van der Waals surface area contributed by atoms with Crippen LogP contribution in [0.15, 0.2) is 47.5 Å². The zero-order chi connectivity index (χ0) is 35.2. The molecular formula is C28H27F8N7O5. The number of amides is 3. The second kappa shape index (κ2) is 14.8. The molecule has 4 rings (SSSR count).